The van der Waals surface area contributed by atoms with Crippen molar-refractivity contribution in [1.29, 1.82) is 0 Å². The molecule has 4 nitrogen and oxygen atoms in total. The highest BCUT2D eigenvalue weighted by molar-refractivity contribution is 5.77. The van der Waals surface area contributed by atoms with Crippen molar-refractivity contribution in [3.8, 4) is 0 Å². The molecule has 2 aliphatic carbocycles. The monoisotopic (exact) mass is 493 g/mol. The first-order valence-corrected chi connectivity index (χ1v) is 15.4. The van der Waals surface area contributed by atoms with E-state index in [4.69, 9.17) is 9.47 Å². The second kappa shape index (κ2) is 18.7. The molecule has 0 aliphatic heterocycles. The molecule has 0 N–H and O–H groups in total. The maximum atomic E-state index is 11.3. The fourth-order valence-electron chi connectivity index (χ4n) is 5.60. The average molecular weight is 494 g/mol. The Bertz CT molecular complexity index is 537. The van der Waals surface area contributed by atoms with E-state index in [0.717, 1.165) is 43.3 Å². The van der Waals surface area contributed by atoms with Gasteiger partial charge in [-0.05, 0) is 69.9 Å². The first kappa shape index (κ1) is 30.8. The van der Waals surface area contributed by atoms with Crippen LogP contribution in [0.15, 0.2) is 0 Å². The predicted octanol–water partition coefficient (Wildman–Crippen LogP) is 7.68. The summed E-state index contributed by atoms with van der Waals surface area (Å²) >= 11 is 0. The van der Waals surface area contributed by atoms with Crippen molar-refractivity contribution in [2.45, 2.75) is 129 Å². The lowest BCUT2D eigenvalue weighted by molar-refractivity contribution is -0.119. The van der Waals surface area contributed by atoms with Gasteiger partial charge in [-0.15, -0.1) is 0 Å². The Balaban J connectivity index is 1.32. The van der Waals surface area contributed by atoms with Gasteiger partial charge < -0.3 is 14.4 Å². The van der Waals surface area contributed by atoms with E-state index < -0.39 is 0 Å². The number of hydrogen-bond acceptors (Lipinski definition) is 4. The highest BCUT2D eigenvalue weighted by atomic mass is 16.5. The minimum atomic E-state index is 0.287. The highest BCUT2D eigenvalue weighted by Crippen LogP contribution is 2.54. The van der Waals surface area contributed by atoms with Gasteiger partial charge in [-0.3, -0.25) is 4.79 Å². The second-order valence-corrected chi connectivity index (χ2v) is 11.9. The number of ketones is 1. The van der Waals surface area contributed by atoms with Crippen LogP contribution in [0, 0.1) is 23.7 Å². The molecule has 0 saturated heterocycles. The molecule has 0 aromatic heterocycles. The van der Waals surface area contributed by atoms with E-state index >= 15 is 0 Å². The van der Waals surface area contributed by atoms with Crippen molar-refractivity contribution in [2.24, 2.45) is 23.7 Å². The summed E-state index contributed by atoms with van der Waals surface area (Å²) in [6, 6.07) is 0.287. The minimum absolute atomic E-state index is 0.287. The summed E-state index contributed by atoms with van der Waals surface area (Å²) in [4.78, 5) is 13.5. The molecule has 0 aromatic carbocycles. The van der Waals surface area contributed by atoms with Crippen molar-refractivity contribution in [3.63, 3.8) is 0 Å². The molecule has 0 radical (unpaired) electrons. The molecule has 5 atom stereocenters. The van der Waals surface area contributed by atoms with Crippen LogP contribution in [0.2, 0.25) is 0 Å². The zero-order valence-electron chi connectivity index (χ0n) is 23.9. The Morgan fingerprint density at radius 1 is 0.743 bits per heavy atom. The summed E-state index contributed by atoms with van der Waals surface area (Å²) in [5.74, 6) is 4.75. The third-order valence-electron chi connectivity index (χ3n) is 8.53. The smallest absolute Gasteiger partial charge is 0.132 e. The SMILES string of the molecule is CCCCCC1CC1CC1CC1CCCCCCCCOCC(COCCCC(=O)CC)N(C)C. The maximum absolute atomic E-state index is 11.3. The fourth-order valence-corrected chi connectivity index (χ4v) is 5.60. The summed E-state index contributed by atoms with van der Waals surface area (Å²) in [6.45, 7) is 7.17. The summed E-state index contributed by atoms with van der Waals surface area (Å²) in [7, 11) is 4.16. The van der Waals surface area contributed by atoms with Crippen LogP contribution in [-0.2, 0) is 14.3 Å². The molecule has 2 fully saturated rings. The fraction of sp³-hybridized carbons (Fsp3) is 0.968. The zero-order chi connectivity index (χ0) is 25.3. The van der Waals surface area contributed by atoms with Crippen LogP contribution >= 0.6 is 0 Å². The van der Waals surface area contributed by atoms with E-state index in [9.17, 15) is 4.79 Å². The highest BCUT2D eigenvalue weighted by Gasteiger charge is 2.44. The van der Waals surface area contributed by atoms with E-state index in [0.29, 0.717) is 31.8 Å². The van der Waals surface area contributed by atoms with Crippen LogP contribution < -0.4 is 0 Å². The number of rotatable bonds is 25. The van der Waals surface area contributed by atoms with Crippen molar-refractivity contribution in [3.05, 3.63) is 0 Å². The van der Waals surface area contributed by atoms with Gasteiger partial charge in [0.25, 0.3) is 0 Å². The van der Waals surface area contributed by atoms with E-state index in [1.165, 1.54) is 70.6 Å². The standard InChI is InChI=1S/C31H59NO3/c1-5-7-12-16-26-21-28(26)23-29-22-27(29)17-13-10-8-9-11-14-19-34-24-30(32(3)4)25-35-20-15-18-31(33)6-2/h26-30H,5-25H2,1-4H3. The Morgan fingerprint density at radius 2 is 1.29 bits per heavy atom. The summed E-state index contributed by atoms with van der Waals surface area (Å²) in [5.41, 5.74) is 0. The molecular weight excluding hydrogens is 434 g/mol. The lowest BCUT2D eigenvalue weighted by atomic mass is 10.0. The normalized spacial score (nSPS) is 24.1. The summed E-state index contributed by atoms with van der Waals surface area (Å²) in [5, 5.41) is 0. The Morgan fingerprint density at radius 3 is 1.86 bits per heavy atom. The molecule has 35 heavy (non-hydrogen) atoms. The van der Waals surface area contributed by atoms with Gasteiger partial charge in [-0.2, -0.15) is 0 Å². The molecule has 2 rings (SSSR count). The molecule has 5 unspecified atom stereocenters. The van der Waals surface area contributed by atoms with Gasteiger partial charge in [-0.1, -0.05) is 78.1 Å². The minimum Gasteiger partial charge on any atom is -0.380 e. The van der Waals surface area contributed by atoms with Gasteiger partial charge in [0.1, 0.15) is 5.78 Å². The van der Waals surface area contributed by atoms with Gasteiger partial charge >= 0.3 is 0 Å². The predicted molar refractivity (Wildman–Crippen MR) is 148 cm³/mol. The first-order valence-electron chi connectivity index (χ1n) is 15.4. The average Bonchev–Trinajstić information content (AvgIpc) is 3.77. The Hall–Kier alpha value is -0.450. The molecule has 0 spiro atoms. The van der Waals surface area contributed by atoms with E-state index in [1.807, 2.05) is 6.92 Å². The number of carbonyl (C=O) groups is 1. The van der Waals surface area contributed by atoms with Crippen LogP contribution in [0.4, 0.5) is 0 Å². The van der Waals surface area contributed by atoms with Crippen molar-refractivity contribution in [1.82, 2.24) is 4.90 Å². The zero-order valence-corrected chi connectivity index (χ0v) is 23.9. The molecule has 206 valence electrons. The van der Waals surface area contributed by atoms with Gasteiger partial charge in [0.05, 0.1) is 19.3 Å². The molecule has 2 aliphatic rings. The van der Waals surface area contributed by atoms with E-state index in [-0.39, 0.29) is 6.04 Å². The summed E-state index contributed by atoms with van der Waals surface area (Å²) in [6.07, 6.45) is 22.2. The number of unbranched alkanes of at least 4 members (excludes halogenated alkanes) is 7. The first-order chi connectivity index (χ1) is 17.0. The van der Waals surface area contributed by atoms with Crippen molar-refractivity contribution < 1.29 is 14.3 Å². The number of nitrogens with zero attached hydrogens (tertiary/aromatic N) is 1. The van der Waals surface area contributed by atoms with Crippen LogP contribution in [0.5, 0.6) is 0 Å². The quantitative estimate of drug-likeness (QED) is 0.122. The molecule has 4 heteroatoms. The van der Waals surface area contributed by atoms with Gasteiger partial charge in [0.15, 0.2) is 0 Å². The van der Waals surface area contributed by atoms with Crippen LogP contribution in [0.25, 0.3) is 0 Å². The maximum Gasteiger partial charge on any atom is 0.132 e. The van der Waals surface area contributed by atoms with Crippen molar-refractivity contribution in [2.75, 3.05) is 40.5 Å². The molecular formula is C31H59NO3. The van der Waals surface area contributed by atoms with Gasteiger partial charge in [0.2, 0.25) is 0 Å². The van der Waals surface area contributed by atoms with Crippen LogP contribution in [0.1, 0.15) is 123 Å². The molecule has 0 heterocycles. The third kappa shape index (κ3) is 14.8. The molecule has 2 saturated carbocycles. The second-order valence-electron chi connectivity index (χ2n) is 11.9. The van der Waals surface area contributed by atoms with Gasteiger partial charge in [0, 0.05) is 26.1 Å². The largest absolute Gasteiger partial charge is 0.380 e. The lowest BCUT2D eigenvalue weighted by Gasteiger charge is -2.24. The van der Waals surface area contributed by atoms with E-state index in [2.05, 4.69) is 25.9 Å². The molecule has 0 aromatic rings. The third-order valence-corrected chi connectivity index (χ3v) is 8.53. The van der Waals surface area contributed by atoms with Crippen LogP contribution in [-0.4, -0.2) is 57.2 Å². The molecule has 0 bridgehead atoms. The Labute approximate surface area is 218 Å². The number of hydrogen-bond donors (Lipinski definition) is 0. The molecule has 0 amide bonds. The number of likely N-dealkylation sites (N-methyl/N-ethyl adjacent to an activating group) is 1. The van der Waals surface area contributed by atoms with Crippen molar-refractivity contribution >= 4 is 5.78 Å². The van der Waals surface area contributed by atoms with Gasteiger partial charge in [-0.25, -0.2) is 0 Å². The van der Waals surface area contributed by atoms with Crippen LogP contribution in [0.3, 0.4) is 0 Å². The number of ether oxygens (including phenoxy) is 2. The number of Topliss-reactive ketones (excluding diaryl/α,β-unsaturated/α-hetero) is 1. The Kier molecular flexibility index (Phi) is 16.5. The topological polar surface area (TPSA) is 38.8 Å². The van der Waals surface area contributed by atoms with E-state index in [1.54, 1.807) is 19.3 Å². The number of carbonyl (C=O) groups excluding carboxylic acids is 1. The summed E-state index contributed by atoms with van der Waals surface area (Å²) < 4.78 is 11.7. The lowest BCUT2D eigenvalue weighted by Crippen LogP contribution is -2.37.